The summed E-state index contributed by atoms with van der Waals surface area (Å²) in [7, 11) is -3.26. The lowest BCUT2D eigenvalue weighted by Crippen LogP contribution is -2.60. The quantitative estimate of drug-likeness (QED) is 0.410. The van der Waals surface area contributed by atoms with Crippen molar-refractivity contribution in [2.75, 3.05) is 24.7 Å². The van der Waals surface area contributed by atoms with Crippen LogP contribution in [0.5, 0.6) is 0 Å². The number of rotatable bonds is 7. The number of hydrogen-bond acceptors (Lipinski definition) is 7. The predicted octanol–water partition coefficient (Wildman–Crippen LogP) is 0.382. The third-order valence-corrected chi connectivity index (χ3v) is 8.69. The molecule has 3 rings (SSSR count). The maximum atomic E-state index is 13.2. The molecular weight excluding hydrogens is 444 g/mol. The minimum absolute atomic E-state index is 0.00355. The molecule has 0 bridgehead atoms. The van der Waals surface area contributed by atoms with E-state index in [0.717, 1.165) is 25.8 Å². The second kappa shape index (κ2) is 10.6. The Labute approximate surface area is 198 Å². The van der Waals surface area contributed by atoms with E-state index in [1.165, 1.54) is 12.8 Å². The van der Waals surface area contributed by atoms with Crippen molar-refractivity contribution in [2.45, 2.75) is 96.0 Å². The Balaban J connectivity index is 1.67. The van der Waals surface area contributed by atoms with Crippen molar-refractivity contribution in [3.8, 4) is 0 Å². The highest BCUT2D eigenvalue weighted by molar-refractivity contribution is 7.91. The highest BCUT2D eigenvalue weighted by atomic mass is 32.2. The van der Waals surface area contributed by atoms with Crippen molar-refractivity contribution >= 4 is 21.7 Å². The zero-order valence-corrected chi connectivity index (χ0v) is 21.3. The van der Waals surface area contributed by atoms with Gasteiger partial charge >= 0.3 is 0 Å². The molecule has 10 heteroatoms. The van der Waals surface area contributed by atoms with E-state index in [0.29, 0.717) is 24.8 Å². The Bertz CT molecular complexity index is 812. The molecular formula is C23H42N4O5S. The summed E-state index contributed by atoms with van der Waals surface area (Å²) in [4.78, 5) is 27.9. The fourth-order valence-electron chi connectivity index (χ4n) is 5.52. The molecule has 33 heavy (non-hydrogen) atoms. The second-order valence-electron chi connectivity index (χ2n) is 11.2. The van der Waals surface area contributed by atoms with Crippen LogP contribution in [0.15, 0.2) is 0 Å². The summed E-state index contributed by atoms with van der Waals surface area (Å²) in [5.41, 5.74) is -0.334. The average molecular weight is 487 g/mol. The molecule has 0 radical (unpaired) electrons. The first-order chi connectivity index (χ1) is 15.4. The number of sulfone groups is 1. The number of piperidine rings is 1. The van der Waals surface area contributed by atoms with E-state index in [1.807, 2.05) is 27.7 Å². The number of aliphatic hydroxyl groups excluding tert-OH is 1. The van der Waals surface area contributed by atoms with Gasteiger partial charge in [0.25, 0.3) is 0 Å². The van der Waals surface area contributed by atoms with Gasteiger partial charge in [0.2, 0.25) is 11.8 Å². The molecule has 3 fully saturated rings. The van der Waals surface area contributed by atoms with Crippen molar-refractivity contribution in [1.29, 1.82) is 0 Å². The number of β-amino-alcohol motifs (C(OH)–C–C–N with tert-alkyl or cyclic N) is 1. The van der Waals surface area contributed by atoms with E-state index in [-0.39, 0.29) is 29.1 Å². The third-order valence-electron chi connectivity index (χ3n) is 7.24. The Morgan fingerprint density at radius 1 is 1.15 bits per heavy atom. The zero-order chi connectivity index (χ0) is 24.4. The smallest absolute Gasteiger partial charge is 0.238 e. The summed E-state index contributed by atoms with van der Waals surface area (Å²) in [6, 6.07) is -1.61. The second-order valence-corrected chi connectivity index (χ2v) is 13.3. The first-order valence-electron chi connectivity index (χ1n) is 12.4. The fraction of sp³-hybridized carbons (Fsp3) is 0.913. The number of nitrogens with zero attached hydrogens (tertiary/aromatic N) is 1. The summed E-state index contributed by atoms with van der Waals surface area (Å²) in [5, 5.41) is 19.7. The molecule has 1 saturated carbocycles. The van der Waals surface area contributed by atoms with Gasteiger partial charge in [-0.05, 0) is 51.9 Å². The minimum Gasteiger partial charge on any atom is -0.390 e. The molecule has 0 spiro atoms. The molecule has 2 saturated heterocycles. The van der Waals surface area contributed by atoms with E-state index in [4.69, 9.17) is 0 Å². The molecule has 2 aliphatic heterocycles. The lowest BCUT2D eigenvalue weighted by molar-refractivity contribution is -0.133. The molecule has 0 unspecified atom stereocenters. The minimum atomic E-state index is -3.26. The summed E-state index contributed by atoms with van der Waals surface area (Å²) in [5.74, 6) is 0.235. The van der Waals surface area contributed by atoms with Gasteiger partial charge in [-0.1, -0.05) is 26.2 Å². The monoisotopic (exact) mass is 486 g/mol. The van der Waals surface area contributed by atoms with E-state index in [1.54, 1.807) is 0 Å². The molecule has 0 aromatic rings. The van der Waals surface area contributed by atoms with Crippen molar-refractivity contribution in [3.05, 3.63) is 0 Å². The number of likely N-dealkylation sites (tertiary alicyclic amines) is 1. The van der Waals surface area contributed by atoms with Gasteiger partial charge in [-0.25, -0.2) is 8.42 Å². The first kappa shape index (κ1) is 26.4. The molecule has 2 amide bonds. The van der Waals surface area contributed by atoms with Gasteiger partial charge in [0.15, 0.2) is 9.84 Å². The number of nitrogens with one attached hydrogen (secondary N) is 3. The van der Waals surface area contributed by atoms with E-state index >= 15 is 0 Å². The molecule has 4 N–H and O–H groups in total. The van der Waals surface area contributed by atoms with Crippen LogP contribution in [0.4, 0.5) is 0 Å². The summed E-state index contributed by atoms with van der Waals surface area (Å²) in [6.45, 7) is 8.85. The molecule has 190 valence electrons. The standard InChI is InChI=1S/C23H42N4O5S/c1-5-17(25-21(29)18-13-33(31,32)14-24-18)20(28)12-27-11-16-9-7-6-8-15(16)10-19(27)22(30)26-23(2,3)4/h15-20,24,28H,5-14H2,1-4H3,(H,25,29)(H,26,30)/t15-,16+,17-,18-,19-,20+/m0/s1. The van der Waals surface area contributed by atoms with Crippen LogP contribution in [0.25, 0.3) is 0 Å². The molecule has 1 aliphatic carbocycles. The third kappa shape index (κ3) is 7.13. The van der Waals surface area contributed by atoms with E-state index < -0.39 is 33.9 Å². The van der Waals surface area contributed by atoms with Gasteiger partial charge in [-0.2, -0.15) is 0 Å². The van der Waals surface area contributed by atoms with Crippen LogP contribution < -0.4 is 16.0 Å². The van der Waals surface area contributed by atoms with Crippen LogP contribution in [0.2, 0.25) is 0 Å². The first-order valence-corrected chi connectivity index (χ1v) is 14.2. The lowest BCUT2D eigenvalue weighted by Gasteiger charge is -2.47. The van der Waals surface area contributed by atoms with Gasteiger partial charge in [-0.3, -0.25) is 19.8 Å². The van der Waals surface area contributed by atoms with Crippen molar-refractivity contribution < 1.29 is 23.1 Å². The van der Waals surface area contributed by atoms with Crippen LogP contribution in [0.1, 0.15) is 66.2 Å². The summed E-state index contributed by atoms with van der Waals surface area (Å²) >= 11 is 0. The van der Waals surface area contributed by atoms with Crippen LogP contribution in [-0.2, 0) is 19.4 Å². The Kier molecular flexibility index (Phi) is 8.46. The number of aliphatic hydroxyl groups is 1. The number of carbonyl (C=O) groups is 2. The van der Waals surface area contributed by atoms with Crippen molar-refractivity contribution in [3.63, 3.8) is 0 Å². The predicted molar refractivity (Wildman–Crippen MR) is 127 cm³/mol. The van der Waals surface area contributed by atoms with Crippen LogP contribution in [0.3, 0.4) is 0 Å². The zero-order valence-electron chi connectivity index (χ0n) is 20.5. The molecule has 3 aliphatic rings. The molecule has 0 aromatic heterocycles. The number of carbonyl (C=O) groups excluding carboxylic acids is 2. The van der Waals surface area contributed by atoms with Gasteiger partial charge in [0, 0.05) is 18.6 Å². The highest BCUT2D eigenvalue weighted by Gasteiger charge is 2.42. The van der Waals surface area contributed by atoms with Crippen LogP contribution in [-0.4, -0.2) is 84.7 Å². The fourth-order valence-corrected chi connectivity index (χ4v) is 6.87. The van der Waals surface area contributed by atoms with Gasteiger partial charge in [0.1, 0.15) is 6.04 Å². The highest BCUT2D eigenvalue weighted by Crippen LogP contribution is 2.38. The maximum absolute atomic E-state index is 13.2. The Morgan fingerprint density at radius 3 is 2.39 bits per heavy atom. The largest absolute Gasteiger partial charge is 0.390 e. The van der Waals surface area contributed by atoms with Gasteiger partial charge in [0.05, 0.1) is 29.8 Å². The number of fused-ring (bicyclic) bond motifs is 1. The van der Waals surface area contributed by atoms with Crippen LogP contribution in [0, 0.1) is 11.8 Å². The summed E-state index contributed by atoms with van der Waals surface area (Å²) < 4.78 is 23.4. The number of amides is 2. The topological polar surface area (TPSA) is 128 Å². The maximum Gasteiger partial charge on any atom is 0.238 e. The lowest BCUT2D eigenvalue weighted by atomic mass is 9.72. The van der Waals surface area contributed by atoms with Gasteiger partial charge in [-0.15, -0.1) is 0 Å². The molecule has 0 aromatic carbocycles. The Morgan fingerprint density at radius 2 is 1.82 bits per heavy atom. The van der Waals surface area contributed by atoms with Crippen molar-refractivity contribution in [1.82, 2.24) is 20.9 Å². The molecule has 9 nitrogen and oxygen atoms in total. The normalized spacial score (nSPS) is 31.9. The van der Waals surface area contributed by atoms with Crippen molar-refractivity contribution in [2.24, 2.45) is 11.8 Å². The van der Waals surface area contributed by atoms with Gasteiger partial charge < -0.3 is 15.7 Å². The van der Waals surface area contributed by atoms with E-state index in [2.05, 4.69) is 20.9 Å². The SMILES string of the molecule is CC[C@H](NC(=O)[C@@H]1CS(=O)(=O)CN1)[C@H](O)CN1C[C@H]2CCCC[C@H]2C[C@H]1C(=O)NC(C)(C)C. The van der Waals surface area contributed by atoms with E-state index in [9.17, 15) is 23.1 Å². The Hall–Kier alpha value is -1.23. The van der Waals surface area contributed by atoms with Crippen LogP contribution >= 0.6 is 0 Å². The number of hydrogen-bond donors (Lipinski definition) is 4. The molecule has 6 atom stereocenters. The average Bonchev–Trinajstić information content (AvgIpc) is 3.09. The summed E-state index contributed by atoms with van der Waals surface area (Å²) in [6.07, 6.45) is 5.18. The molecule has 2 heterocycles.